The molecule has 1 aromatic carbocycles. The number of carbonyl (C=O) groups excluding carboxylic acids is 1. The Hall–Kier alpha value is -1.54. The van der Waals surface area contributed by atoms with E-state index in [0.29, 0.717) is 22.4 Å². The van der Waals surface area contributed by atoms with Crippen LogP contribution in [0.4, 0.5) is 0 Å². The molecule has 1 rings (SSSR count). The first-order valence-electron chi connectivity index (χ1n) is 4.65. The zero-order valence-electron chi connectivity index (χ0n) is 8.70. The zero-order chi connectivity index (χ0) is 12.0. The average Bonchev–Trinajstić information content (AvgIpc) is 2.27. The lowest BCUT2D eigenvalue weighted by molar-refractivity contribution is -0.145. The summed E-state index contributed by atoms with van der Waals surface area (Å²) in [5, 5.41) is 8.70. The van der Waals surface area contributed by atoms with E-state index in [0.717, 1.165) is 0 Å². The number of nitrogens with zero attached hydrogens (tertiary/aromatic N) is 1. The van der Waals surface area contributed by atoms with Crippen LogP contribution >= 0.6 is 15.9 Å². The number of rotatable bonds is 4. The maximum Gasteiger partial charge on any atom is 0.344 e. The molecule has 1 aromatic rings. The monoisotopic (exact) mass is 283 g/mol. The number of hydrogen-bond acceptors (Lipinski definition) is 4. The van der Waals surface area contributed by atoms with Crippen molar-refractivity contribution in [2.45, 2.75) is 6.92 Å². The number of nitriles is 1. The number of ether oxygens (including phenoxy) is 2. The molecule has 0 amide bonds. The van der Waals surface area contributed by atoms with Gasteiger partial charge in [-0.3, -0.25) is 0 Å². The van der Waals surface area contributed by atoms with Gasteiger partial charge in [0.1, 0.15) is 11.8 Å². The first-order valence-corrected chi connectivity index (χ1v) is 5.44. The van der Waals surface area contributed by atoms with Crippen LogP contribution in [0.5, 0.6) is 5.75 Å². The van der Waals surface area contributed by atoms with Gasteiger partial charge in [-0.15, -0.1) is 0 Å². The zero-order valence-corrected chi connectivity index (χ0v) is 10.3. The molecule has 0 radical (unpaired) electrons. The topological polar surface area (TPSA) is 59.3 Å². The highest BCUT2D eigenvalue weighted by atomic mass is 79.9. The fraction of sp³-hybridized carbons (Fsp3) is 0.273. The highest BCUT2D eigenvalue weighted by molar-refractivity contribution is 9.10. The maximum atomic E-state index is 11.0. The van der Waals surface area contributed by atoms with Crippen molar-refractivity contribution in [2.75, 3.05) is 13.2 Å². The van der Waals surface area contributed by atoms with Crippen molar-refractivity contribution in [3.8, 4) is 11.8 Å². The molecule has 84 valence electrons. The van der Waals surface area contributed by atoms with Crippen molar-refractivity contribution in [3.63, 3.8) is 0 Å². The fourth-order valence-electron chi connectivity index (χ4n) is 1.02. The van der Waals surface area contributed by atoms with Crippen LogP contribution in [0, 0.1) is 11.3 Å². The second kappa shape index (κ2) is 6.13. The smallest absolute Gasteiger partial charge is 0.344 e. The van der Waals surface area contributed by atoms with Crippen LogP contribution in [-0.4, -0.2) is 19.2 Å². The maximum absolute atomic E-state index is 11.0. The molecule has 0 N–H and O–H groups in total. The average molecular weight is 284 g/mol. The first kappa shape index (κ1) is 12.5. The van der Waals surface area contributed by atoms with E-state index in [4.69, 9.17) is 14.7 Å². The Bertz CT molecular complexity index is 426. The molecular weight excluding hydrogens is 274 g/mol. The van der Waals surface area contributed by atoms with E-state index in [1.54, 1.807) is 25.1 Å². The van der Waals surface area contributed by atoms with Crippen LogP contribution in [0.3, 0.4) is 0 Å². The van der Waals surface area contributed by atoms with Gasteiger partial charge in [-0.25, -0.2) is 4.79 Å². The molecule has 0 unspecified atom stereocenters. The predicted molar refractivity (Wildman–Crippen MR) is 61.0 cm³/mol. The third kappa shape index (κ3) is 3.55. The minimum absolute atomic E-state index is 0.133. The molecule has 0 atom stereocenters. The van der Waals surface area contributed by atoms with Crippen LogP contribution in [0.2, 0.25) is 0 Å². The molecule has 0 fully saturated rings. The van der Waals surface area contributed by atoms with Crippen LogP contribution in [0.1, 0.15) is 12.5 Å². The van der Waals surface area contributed by atoms with Crippen molar-refractivity contribution < 1.29 is 14.3 Å². The van der Waals surface area contributed by atoms with Crippen molar-refractivity contribution in [2.24, 2.45) is 0 Å². The van der Waals surface area contributed by atoms with Crippen molar-refractivity contribution >= 4 is 21.9 Å². The minimum Gasteiger partial charge on any atom is -0.482 e. The summed E-state index contributed by atoms with van der Waals surface area (Å²) >= 11 is 3.23. The molecule has 0 saturated carbocycles. The summed E-state index contributed by atoms with van der Waals surface area (Å²) in [5.41, 5.74) is 0.517. The van der Waals surface area contributed by atoms with Crippen LogP contribution in [0.15, 0.2) is 22.7 Å². The Balaban J connectivity index is 2.59. The van der Waals surface area contributed by atoms with E-state index in [9.17, 15) is 4.79 Å². The normalized spacial score (nSPS) is 9.31. The molecule has 0 heterocycles. The van der Waals surface area contributed by atoms with E-state index in [1.165, 1.54) is 0 Å². The summed E-state index contributed by atoms with van der Waals surface area (Å²) in [4.78, 5) is 11.0. The van der Waals surface area contributed by atoms with Gasteiger partial charge in [0.25, 0.3) is 0 Å². The summed E-state index contributed by atoms with van der Waals surface area (Å²) in [7, 11) is 0. The molecule has 0 bridgehead atoms. The van der Waals surface area contributed by atoms with Gasteiger partial charge in [0.05, 0.1) is 12.2 Å². The molecular formula is C11H10BrNO3. The highest BCUT2D eigenvalue weighted by Crippen LogP contribution is 2.22. The van der Waals surface area contributed by atoms with Gasteiger partial charge >= 0.3 is 5.97 Å². The van der Waals surface area contributed by atoms with Crippen molar-refractivity contribution in [1.29, 1.82) is 5.26 Å². The number of benzene rings is 1. The molecule has 5 heteroatoms. The van der Waals surface area contributed by atoms with Gasteiger partial charge in [0.15, 0.2) is 6.61 Å². The Labute approximate surface area is 102 Å². The number of hydrogen-bond donors (Lipinski definition) is 0. The van der Waals surface area contributed by atoms with Crippen LogP contribution < -0.4 is 4.74 Å². The largest absolute Gasteiger partial charge is 0.482 e. The van der Waals surface area contributed by atoms with E-state index < -0.39 is 5.97 Å². The van der Waals surface area contributed by atoms with E-state index in [-0.39, 0.29) is 6.61 Å². The fourth-order valence-corrected chi connectivity index (χ4v) is 1.47. The van der Waals surface area contributed by atoms with Gasteiger partial charge in [-0.1, -0.05) is 0 Å². The second-order valence-electron chi connectivity index (χ2n) is 2.85. The van der Waals surface area contributed by atoms with Gasteiger partial charge in [-0.05, 0) is 41.1 Å². The molecule has 0 aliphatic heterocycles. The Kier molecular flexibility index (Phi) is 4.80. The Morgan fingerprint density at radius 2 is 2.31 bits per heavy atom. The lowest BCUT2D eigenvalue weighted by Gasteiger charge is -2.06. The number of esters is 1. The van der Waals surface area contributed by atoms with E-state index >= 15 is 0 Å². The summed E-state index contributed by atoms with van der Waals surface area (Å²) in [6, 6.07) is 6.89. The molecule has 4 nitrogen and oxygen atoms in total. The number of halogens is 1. The summed E-state index contributed by atoms with van der Waals surface area (Å²) < 4.78 is 10.5. The standard InChI is InChI=1S/C11H10BrNO3/c1-2-15-11(14)7-16-9-4-3-8(6-13)10(12)5-9/h3-5H,2,7H2,1H3. The van der Waals surface area contributed by atoms with Crippen LogP contribution in [-0.2, 0) is 9.53 Å². The van der Waals surface area contributed by atoms with Gasteiger partial charge in [-0.2, -0.15) is 5.26 Å². The Morgan fingerprint density at radius 3 is 2.88 bits per heavy atom. The molecule has 0 aromatic heterocycles. The molecule has 0 aliphatic rings. The summed E-state index contributed by atoms with van der Waals surface area (Å²) in [6.07, 6.45) is 0. The lowest BCUT2D eigenvalue weighted by Crippen LogP contribution is -2.14. The van der Waals surface area contributed by atoms with E-state index in [2.05, 4.69) is 15.9 Å². The summed E-state index contributed by atoms with van der Waals surface area (Å²) in [6.45, 7) is 1.93. The lowest BCUT2D eigenvalue weighted by atomic mass is 10.2. The SMILES string of the molecule is CCOC(=O)COc1ccc(C#N)c(Br)c1. The second-order valence-corrected chi connectivity index (χ2v) is 3.70. The highest BCUT2D eigenvalue weighted by Gasteiger charge is 2.05. The van der Waals surface area contributed by atoms with Crippen molar-refractivity contribution in [1.82, 2.24) is 0 Å². The van der Waals surface area contributed by atoms with Gasteiger partial charge in [0, 0.05) is 4.47 Å². The van der Waals surface area contributed by atoms with E-state index in [1.807, 2.05) is 6.07 Å². The third-order valence-electron chi connectivity index (χ3n) is 1.72. The molecule has 16 heavy (non-hydrogen) atoms. The minimum atomic E-state index is -0.414. The quantitative estimate of drug-likeness (QED) is 0.796. The molecule has 0 spiro atoms. The van der Waals surface area contributed by atoms with Crippen LogP contribution in [0.25, 0.3) is 0 Å². The van der Waals surface area contributed by atoms with Crippen molar-refractivity contribution in [3.05, 3.63) is 28.2 Å². The van der Waals surface area contributed by atoms with Gasteiger partial charge in [0.2, 0.25) is 0 Å². The Morgan fingerprint density at radius 1 is 1.56 bits per heavy atom. The summed E-state index contributed by atoms with van der Waals surface area (Å²) in [5.74, 6) is 0.0990. The number of carbonyl (C=O) groups is 1. The molecule has 0 saturated heterocycles. The third-order valence-corrected chi connectivity index (χ3v) is 2.38. The first-order chi connectivity index (χ1) is 7.67. The predicted octanol–water partition coefficient (Wildman–Crippen LogP) is 2.26. The van der Waals surface area contributed by atoms with Gasteiger partial charge < -0.3 is 9.47 Å². The molecule has 0 aliphatic carbocycles.